The Morgan fingerprint density at radius 2 is 1.92 bits per heavy atom. The Balaban J connectivity index is 1.43. The maximum absolute atomic E-state index is 14.6. The van der Waals surface area contributed by atoms with Crippen LogP contribution in [0.15, 0.2) is 47.8 Å². The van der Waals surface area contributed by atoms with Crippen molar-refractivity contribution in [1.82, 2.24) is 28.6 Å². The van der Waals surface area contributed by atoms with E-state index in [4.69, 9.17) is 0 Å². The minimum atomic E-state index is -4.70. The molecule has 1 aromatic carbocycles. The second-order valence-electron chi connectivity index (χ2n) is 10.2. The smallest absolute Gasteiger partial charge is 0.380 e. The Hall–Kier alpha value is -3.51. The van der Waals surface area contributed by atoms with Gasteiger partial charge in [0.1, 0.15) is 18.2 Å². The number of rotatable bonds is 5. The van der Waals surface area contributed by atoms with Gasteiger partial charge in [0, 0.05) is 32.5 Å². The molecule has 37 heavy (non-hydrogen) atoms. The fourth-order valence-electron chi connectivity index (χ4n) is 5.33. The first kappa shape index (κ1) is 23.9. The second-order valence-corrected chi connectivity index (χ2v) is 10.2. The summed E-state index contributed by atoms with van der Waals surface area (Å²) in [6.07, 6.45) is 1.14. The normalized spacial score (nSPS) is 18.2. The minimum absolute atomic E-state index is 0.0187. The predicted molar refractivity (Wildman–Crippen MR) is 125 cm³/mol. The SMILES string of the molecule is Cn1cnnc1C(O)c1cc(F)cc(-n2cc3c(C(F)(F)F)cc(CN4CCC5(CC5)C4)cn3c2=O)c1. The van der Waals surface area contributed by atoms with E-state index < -0.39 is 29.4 Å². The standard InChI is InChI=1S/C25H24F4N6O2/c1-32-14-30-31-22(32)21(36)16-7-17(26)9-18(8-16)34-12-20-19(25(27,28)29)6-15(11-35(20)23(34)37)10-33-5-4-24(13-33)2-3-24/h6-9,11-12,14,21,36H,2-5,10,13H2,1H3. The fourth-order valence-corrected chi connectivity index (χ4v) is 5.33. The van der Waals surface area contributed by atoms with Gasteiger partial charge in [0.25, 0.3) is 0 Å². The highest BCUT2D eigenvalue weighted by molar-refractivity contribution is 5.58. The topological polar surface area (TPSA) is 80.6 Å². The lowest BCUT2D eigenvalue weighted by atomic mass is 10.1. The van der Waals surface area contributed by atoms with Gasteiger partial charge in [-0.2, -0.15) is 13.2 Å². The van der Waals surface area contributed by atoms with Crippen LogP contribution in [0.25, 0.3) is 11.2 Å². The van der Waals surface area contributed by atoms with Crippen LogP contribution >= 0.6 is 0 Å². The van der Waals surface area contributed by atoms with Gasteiger partial charge in [0.2, 0.25) is 0 Å². The monoisotopic (exact) mass is 516 g/mol. The van der Waals surface area contributed by atoms with Crippen LogP contribution < -0.4 is 5.69 Å². The summed E-state index contributed by atoms with van der Waals surface area (Å²) in [6.45, 7) is 1.98. The third-order valence-corrected chi connectivity index (χ3v) is 7.50. The molecular formula is C25H24F4N6O2. The summed E-state index contributed by atoms with van der Waals surface area (Å²) in [5.41, 5.74) is -1.27. The fraction of sp³-hybridized carbons (Fsp3) is 0.400. The van der Waals surface area contributed by atoms with Crippen molar-refractivity contribution >= 4 is 5.52 Å². The number of fused-ring (bicyclic) bond motifs is 1. The zero-order chi connectivity index (χ0) is 26.1. The first-order chi connectivity index (χ1) is 17.5. The van der Waals surface area contributed by atoms with E-state index in [1.54, 1.807) is 7.05 Å². The zero-order valence-corrected chi connectivity index (χ0v) is 19.9. The van der Waals surface area contributed by atoms with Gasteiger partial charge >= 0.3 is 11.9 Å². The van der Waals surface area contributed by atoms with Crippen molar-refractivity contribution in [2.24, 2.45) is 12.5 Å². The number of alkyl halides is 3. The molecule has 0 bridgehead atoms. The van der Waals surface area contributed by atoms with E-state index in [0.29, 0.717) is 17.5 Å². The lowest BCUT2D eigenvalue weighted by molar-refractivity contribution is -0.136. The van der Waals surface area contributed by atoms with E-state index in [1.165, 1.54) is 23.2 Å². The molecule has 6 rings (SSSR count). The maximum Gasteiger partial charge on any atom is 0.418 e. The summed E-state index contributed by atoms with van der Waals surface area (Å²) in [5.74, 6) is -0.625. The summed E-state index contributed by atoms with van der Waals surface area (Å²) in [4.78, 5) is 15.4. The third kappa shape index (κ3) is 4.23. The van der Waals surface area contributed by atoms with Crippen LogP contribution in [0.1, 0.15) is 47.9 Å². The van der Waals surface area contributed by atoms with Crippen LogP contribution in [-0.4, -0.2) is 46.8 Å². The molecule has 3 aromatic heterocycles. The molecule has 0 amide bonds. The molecule has 1 unspecified atom stereocenters. The van der Waals surface area contributed by atoms with Gasteiger partial charge < -0.3 is 9.67 Å². The van der Waals surface area contributed by atoms with Crippen molar-refractivity contribution in [2.75, 3.05) is 13.1 Å². The van der Waals surface area contributed by atoms with Crippen LogP contribution in [0.3, 0.4) is 0 Å². The minimum Gasteiger partial charge on any atom is -0.380 e. The third-order valence-electron chi connectivity index (χ3n) is 7.50. The van der Waals surface area contributed by atoms with Gasteiger partial charge in [-0.3, -0.25) is 13.9 Å². The Morgan fingerprint density at radius 1 is 1.14 bits per heavy atom. The van der Waals surface area contributed by atoms with E-state index in [2.05, 4.69) is 15.1 Å². The van der Waals surface area contributed by atoms with Crippen molar-refractivity contribution in [1.29, 1.82) is 0 Å². The van der Waals surface area contributed by atoms with Gasteiger partial charge in [-0.05, 0) is 66.6 Å². The number of aryl methyl sites for hydroxylation is 1. The van der Waals surface area contributed by atoms with Gasteiger partial charge in [0.15, 0.2) is 5.82 Å². The quantitative estimate of drug-likeness (QED) is 0.411. The van der Waals surface area contributed by atoms with E-state index in [-0.39, 0.29) is 22.6 Å². The molecule has 1 atom stereocenters. The number of aliphatic hydroxyl groups is 1. The van der Waals surface area contributed by atoms with E-state index in [1.807, 2.05) is 0 Å². The molecule has 1 saturated heterocycles. The number of pyridine rings is 1. The average Bonchev–Trinajstić information content (AvgIpc) is 3.11. The summed E-state index contributed by atoms with van der Waals surface area (Å²) in [6, 6.07) is 4.54. The number of nitrogens with zero attached hydrogens (tertiary/aromatic N) is 6. The van der Waals surface area contributed by atoms with E-state index in [0.717, 1.165) is 65.7 Å². The van der Waals surface area contributed by atoms with Crippen molar-refractivity contribution in [2.45, 2.75) is 38.1 Å². The Kier molecular flexibility index (Phi) is 5.32. The van der Waals surface area contributed by atoms with Crippen LogP contribution in [0.5, 0.6) is 0 Å². The first-order valence-corrected chi connectivity index (χ1v) is 11.9. The van der Waals surface area contributed by atoms with Crippen LogP contribution in [0.2, 0.25) is 0 Å². The largest absolute Gasteiger partial charge is 0.418 e. The number of benzene rings is 1. The molecule has 1 aliphatic carbocycles. The van der Waals surface area contributed by atoms with Gasteiger partial charge in [0.05, 0.1) is 16.8 Å². The van der Waals surface area contributed by atoms with Crippen LogP contribution in [0, 0.1) is 11.2 Å². The maximum atomic E-state index is 14.6. The van der Waals surface area contributed by atoms with Crippen molar-refractivity contribution in [3.8, 4) is 5.69 Å². The van der Waals surface area contributed by atoms with E-state index >= 15 is 0 Å². The molecule has 4 heterocycles. The van der Waals surface area contributed by atoms with Crippen LogP contribution in [0.4, 0.5) is 17.6 Å². The van der Waals surface area contributed by atoms with Crippen molar-refractivity contribution < 1.29 is 22.7 Å². The number of imidazole rings is 1. The number of halogens is 4. The highest BCUT2D eigenvalue weighted by Gasteiger charge is 2.47. The highest BCUT2D eigenvalue weighted by atomic mass is 19.4. The molecule has 12 heteroatoms. The number of hydrogen-bond donors (Lipinski definition) is 1. The lowest BCUT2D eigenvalue weighted by Crippen LogP contribution is -2.23. The molecule has 0 radical (unpaired) electrons. The van der Waals surface area contributed by atoms with Crippen molar-refractivity contribution in [3.63, 3.8) is 0 Å². The zero-order valence-electron chi connectivity index (χ0n) is 19.9. The molecule has 8 nitrogen and oxygen atoms in total. The molecule has 4 aromatic rings. The lowest BCUT2D eigenvalue weighted by Gasteiger charge is -2.17. The molecular weight excluding hydrogens is 492 g/mol. The number of likely N-dealkylation sites (tertiary alicyclic amines) is 1. The number of hydrogen-bond acceptors (Lipinski definition) is 5. The van der Waals surface area contributed by atoms with Crippen molar-refractivity contribution in [3.05, 3.63) is 81.8 Å². The first-order valence-electron chi connectivity index (χ1n) is 11.9. The molecule has 2 aliphatic rings. The molecule has 1 spiro atoms. The summed E-state index contributed by atoms with van der Waals surface area (Å²) >= 11 is 0. The highest BCUT2D eigenvalue weighted by Crippen LogP contribution is 2.52. The summed E-state index contributed by atoms with van der Waals surface area (Å²) < 4.78 is 60.2. The van der Waals surface area contributed by atoms with Gasteiger partial charge in [-0.25, -0.2) is 9.18 Å². The second kappa shape index (κ2) is 8.25. The molecule has 1 N–H and O–H groups in total. The molecule has 2 fully saturated rings. The Labute approximate surface area is 208 Å². The predicted octanol–water partition coefficient (Wildman–Crippen LogP) is 3.44. The number of aliphatic hydroxyl groups excluding tert-OH is 1. The van der Waals surface area contributed by atoms with E-state index in [9.17, 15) is 27.5 Å². The van der Waals surface area contributed by atoms with Gasteiger partial charge in [-0.1, -0.05) is 0 Å². The number of aromatic nitrogens is 5. The Morgan fingerprint density at radius 3 is 2.57 bits per heavy atom. The summed E-state index contributed by atoms with van der Waals surface area (Å²) in [7, 11) is 1.60. The molecule has 194 valence electrons. The van der Waals surface area contributed by atoms with Crippen LogP contribution in [-0.2, 0) is 19.8 Å². The Bertz CT molecular complexity index is 1570. The van der Waals surface area contributed by atoms with Gasteiger partial charge in [-0.15, -0.1) is 10.2 Å². The molecule has 1 aliphatic heterocycles. The molecule has 1 saturated carbocycles. The average molecular weight is 516 g/mol. The summed E-state index contributed by atoms with van der Waals surface area (Å²) in [5, 5.41) is 18.2.